The lowest BCUT2D eigenvalue weighted by Crippen LogP contribution is -2.45. The number of carboxylic acids is 1. The minimum Gasteiger partial charge on any atom is -0.481 e. The summed E-state index contributed by atoms with van der Waals surface area (Å²) in [5.74, 6) is -0.194. The number of nitrogens with zero attached hydrogens (tertiary/aromatic N) is 1. The van der Waals surface area contributed by atoms with E-state index in [0.717, 1.165) is 16.9 Å². The Hall–Kier alpha value is -3.03. The van der Waals surface area contributed by atoms with Crippen LogP contribution in [0.25, 0.3) is 5.57 Å². The molecule has 2 N–H and O–H groups in total. The van der Waals surface area contributed by atoms with E-state index in [1.807, 2.05) is 67.6 Å². The number of thioether (sulfide) groups is 1. The quantitative estimate of drug-likeness (QED) is 0.386. The van der Waals surface area contributed by atoms with Crippen LogP contribution in [0.4, 0.5) is 4.79 Å². The first-order valence-electron chi connectivity index (χ1n) is 12.6. The predicted molar refractivity (Wildman–Crippen MR) is 149 cm³/mol. The molecule has 0 saturated heterocycles. The van der Waals surface area contributed by atoms with Crippen LogP contribution in [0, 0.1) is 5.41 Å². The second-order valence-electron chi connectivity index (χ2n) is 10.1. The average Bonchev–Trinajstić information content (AvgIpc) is 2.87. The number of rotatable bonds is 10. The fourth-order valence-electron chi connectivity index (χ4n) is 4.32. The van der Waals surface area contributed by atoms with Gasteiger partial charge in [0.15, 0.2) is 0 Å². The van der Waals surface area contributed by atoms with Crippen molar-refractivity contribution in [3.63, 3.8) is 0 Å². The molecular weight excluding hydrogens is 486 g/mol. The molecule has 3 rings (SSSR count). The van der Waals surface area contributed by atoms with Gasteiger partial charge in [0.05, 0.1) is 12.6 Å². The van der Waals surface area contributed by atoms with Crippen molar-refractivity contribution >= 4 is 29.4 Å². The lowest BCUT2D eigenvalue weighted by Gasteiger charge is -2.37. The molecule has 198 valence electrons. The number of hydrogen-bond donors (Lipinski definition) is 2. The third-order valence-electron chi connectivity index (χ3n) is 6.28. The summed E-state index contributed by atoms with van der Waals surface area (Å²) in [6.45, 7) is 7.46. The van der Waals surface area contributed by atoms with E-state index in [1.165, 1.54) is 4.90 Å². The van der Waals surface area contributed by atoms with Gasteiger partial charge >= 0.3 is 12.1 Å². The Balaban J connectivity index is 1.88. The molecular formula is C30H37NO5S. The summed E-state index contributed by atoms with van der Waals surface area (Å²) in [4.78, 5) is 27.3. The summed E-state index contributed by atoms with van der Waals surface area (Å²) in [7, 11) is 0. The number of carboxylic acid groups (broad SMARTS) is 1. The first kappa shape index (κ1) is 28.5. The number of aliphatic hydroxyl groups excluding tert-OH is 1. The van der Waals surface area contributed by atoms with Gasteiger partial charge in [0, 0.05) is 11.8 Å². The summed E-state index contributed by atoms with van der Waals surface area (Å²) in [6, 6.07) is 19.0. The molecule has 0 saturated carbocycles. The van der Waals surface area contributed by atoms with Crippen molar-refractivity contribution < 1.29 is 24.5 Å². The monoisotopic (exact) mass is 523 g/mol. The van der Waals surface area contributed by atoms with E-state index in [0.29, 0.717) is 5.56 Å². The maximum Gasteiger partial charge on any atom is 0.410 e. The maximum atomic E-state index is 13.1. The minimum atomic E-state index is -1.21. The van der Waals surface area contributed by atoms with Crippen molar-refractivity contribution in [3.05, 3.63) is 90.0 Å². The molecule has 0 aromatic heterocycles. The SMILES string of the molecule is CCSC1C=C(c2ccccc2)C=CC1(CCN(C[C@H](O)c1ccccc1)C(=O)OC(C)(C)C)C(=O)O. The number of aliphatic hydroxyl groups is 1. The lowest BCUT2D eigenvalue weighted by molar-refractivity contribution is -0.146. The van der Waals surface area contributed by atoms with Gasteiger partial charge in [-0.3, -0.25) is 4.79 Å². The molecule has 2 unspecified atom stereocenters. The Bertz CT molecular complexity index is 1110. The number of benzene rings is 2. The summed E-state index contributed by atoms with van der Waals surface area (Å²) in [5.41, 5.74) is 0.747. The van der Waals surface area contributed by atoms with Gasteiger partial charge in [-0.25, -0.2) is 4.79 Å². The zero-order valence-electron chi connectivity index (χ0n) is 22.0. The highest BCUT2D eigenvalue weighted by atomic mass is 32.2. The minimum absolute atomic E-state index is 0.00493. The van der Waals surface area contributed by atoms with E-state index in [1.54, 1.807) is 50.7 Å². The Morgan fingerprint density at radius 2 is 1.70 bits per heavy atom. The summed E-state index contributed by atoms with van der Waals surface area (Å²) < 4.78 is 5.61. The molecule has 7 heteroatoms. The van der Waals surface area contributed by atoms with Crippen LogP contribution in [0.3, 0.4) is 0 Å². The Labute approximate surface area is 224 Å². The molecule has 0 bridgehead atoms. The van der Waals surface area contributed by atoms with Crippen molar-refractivity contribution in [2.24, 2.45) is 5.41 Å². The summed E-state index contributed by atoms with van der Waals surface area (Å²) in [5, 5.41) is 21.0. The Morgan fingerprint density at radius 1 is 1.08 bits per heavy atom. The van der Waals surface area contributed by atoms with Gasteiger partial charge in [0.1, 0.15) is 11.0 Å². The first-order valence-corrected chi connectivity index (χ1v) is 13.6. The molecule has 1 aliphatic carbocycles. The van der Waals surface area contributed by atoms with Crippen LogP contribution < -0.4 is 0 Å². The fraction of sp³-hybridized carbons (Fsp3) is 0.400. The van der Waals surface area contributed by atoms with Crippen LogP contribution in [0.2, 0.25) is 0 Å². The van der Waals surface area contributed by atoms with Crippen molar-refractivity contribution in [2.75, 3.05) is 18.8 Å². The van der Waals surface area contributed by atoms with E-state index in [2.05, 4.69) is 0 Å². The number of hydrogen-bond acceptors (Lipinski definition) is 5. The standard InChI is InChI=1S/C30H37NO5S/c1-5-37-26-20-24(22-12-8-6-9-13-22)16-17-30(26,27(33)34)18-19-31(28(35)36-29(2,3)4)21-25(32)23-14-10-7-11-15-23/h6-17,20,25-26,32H,5,18-19,21H2,1-4H3,(H,33,34)/t25-,26?,30?/m0/s1. The van der Waals surface area contributed by atoms with Crippen LogP contribution in [-0.4, -0.2) is 56.9 Å². The van der Waals surface area contributed by atoms with E-state index in [-0.39, 0.29) is 24.8 Å². The van der Waals surface area contributed by atoms with E-state index in [9.17, 15) is 19.8 Å². The van der Waals surface area contributed by atoms with Crippen LogP contribution in [-0.2, 0) is 9.53 Å². The van der Waals surface area contributed by atoms with Gasteiger partial charge in [-0.1, -0.05) is 85.8 Å². The smallest absolute Gasteiger partial charge is 0.410 e. The normalized spacial score (nSPS) is 20.1. The topological polar surface area (TPSA) is 87.1 Å². The molecule has 0 spiro atoms. The van der Waals surface area contributed by atoms with Gasteiger partial charge in [-0.2, -0.15) is 11.8 Å². The predicted octanol–water partition coefficient (Wildman–Crippen LogP) is 6.19. The third-order valence-corrected chi connectivity index (χ3v) is 7.52. The van der Waals surface area contributed by atoms with E-state index < -0.39 is 29.2 Å². The van der Waals surface area contributed by atoms with Crippen molar-refractivity contribution in [1.82, 2.24) is 4.90 Å². The zero-order valence-corrected chi connectivity index (χ0v) is 22.8. The van der Waals surface area contributed by atoms with Gasteiger partial charge < -0.3 is 19.8 Å². The van der Waals surface area contributed by atoms with Gasteiger partial charge in [0.25, 0.3) is 0 Å². The second-order valence-corrected chi connectivity index (χ2v) is 11.6. The maximum absolute atomic E-state index is 13.1. The molecule has 0 heterocycles. The molecule has 2 aromatic carbocycles. The second kappa shape index (κ2) is 12.5. The van der Waals surface area contributed by atoms with Crippen LogP contribution in [0.15, 0.2) is 78.9 Å². The number of allylic oxidation sites excluding steroid dienone is 2. The van der Waals surface area contributed by atoms with Gasteiger partial charge in [-0.15, -0.1) is 0 Å². The molecule has 1 aliphatic rings. The number of ether oxygens (including phenoxy) is 1. The molecule has 6 nitrogen and oxygen atoms in total. The highest BCUT2D eigenvalue weighted by Crippen LogP contribution is 2.43. The number of aliphatic carboxylic acids is 1. The largest absolute Gasteiger partial charge is 0.481 e. The highest BCUT2D eigenvalue weighted by molar-refractivity contribution is 8.00. The number of carbonyl (C=O) groups is 2. The van der Waals surface area contributed by atoms with Crippen LogP contribution in [0.1, 0.15) is 51.3 Å². The Morgan fingerprint density at radius 3 is 2.27 bits per heavy atom. The van der Waals surface area contributed by atoms with Crippen molar-refractivity contribution in [3.8, 4) is 0 Å². The van der Waals surface area contributed by atoms with Crippen molar-refractivity contribution in [2.45, 2.75) is 51.1 Å². The van der Waals surface area contributed by atoms with E-state index >= 15 is 0 Å². The third kappa shape index (κ3) is 7.49. The molecule has 1 amide bonds. The molecule has 0 fully saturated rings. The van der Waals surface area contributed by atoms with E-state index in [4.69, 9.17) is 4.74 Å². The average molecular weight is 524 g/mol. The van der Waals surface area contributed by atoms with Crippen molar-refractivity contribution in [1.29, 1.82) is 0 Å². The lowest BCUT2D eigenvalue weighted by atomic mass is 9.76. The molecule has 37 heavy (non-hydrogen) atoms. The first-order chi connectivity index (χ1) is 17.6. The highest BCUT2D eigenvalue weighted by Gasteiger charge is 2.45. The number of carbonyl (C=O) groups excluding carboxylic acids is 1. The Kier molecular flexibility index (Phi) is 9.62. The summed E-state index contributed by atoms with van der Waals surface area (Å²) in [6.07, 6.45) is 4.33. The van der Waals surface area contributed by atoms with Crippen LogP contribution >= 0.6 is 11.8 Å². The molecule has 0 aliphatic heterocycles. The van der Waals surface area contributed by atoms with Gasteiger partial charge in [-0.05, 0) is 49.6 Å². The fourth-order valence-corrected chi connectivity index (χ4v) is 5.52. The molecule has 0 radical (unpaired) electrons. The molecule has 3 atom stereocenters. The van der Waals surface area contributed by atoms with Crippen LogP contribution in [0.5, 0.6) is 0 Å². The summed E-state index contributed by atoms with van der Waals surface area (Å²) >= 11 is 1.57. The number of amides is 1. The van der Waals surface area contributed by atoms with Gasteiger partial charge in [0.2, 0.25) is 0 Å². The molecule has 2 aromatic rings. The zero-order chi connectivity index (χ0) is 27.1.